The first kappa shape index (κ1) is 71.8. The Labute approximate surface area is 534 Å². The number of aliphatic hydroxyl groups excluding tert-OH is 13. The fourth-order valence-electron chi connectivity index (χ4n) is 19.2. The molecule has 5 heterocycles. The Bertz CT molecular complexity index is 2760. The van der Waals surface area contributed by atoms with E-state index < -0.39 is 229 Å². The quantitative estimate of drug-likeness (QED) is 0.0535. The van der Waals surface area contributed by atoms with E-state index in [1.54, 1.807) is 39.8 Å². The Morgan fingerprint density at radius 1 is 0.533 bits per heavy atom. The molecule has 92 heavy (non-hydrogen) atoms. The standard InChI is InChI=1S/C64H100O28/c1-13-25(3)51(79)90-48-49(91-52(80)26(4)14-2)64-32(21-58(48,6)7)63(92-57(64)81)20-16-31-60(10)18-17-34(59(8,9)30(60)15-19-61(31,11)62(63,12)22-33(64)67)85-56-47(89-54-42(75)39(72)36(69)28(23-65)83-54)44(43(76)45(87-56)50(77)78)86-55-46(40(73)37(70)29(24-66)84-55)88-53-41(74)38(71)35(68)27(5)82-53/h13-14,27-49,53-57,65-76,81H,15-24H2,1-12H3,(H,77,78)/b25-13+,26-14+/t27-,28+,29+,30?,31?,32?,33+,34-,35-,36-,37-,38+,39-,40-,41+,42+,43-,44-,45-,46+,47+,48-,49-,53-,54-,55-,56+,57?,60-,61+,62-,63-,64+/m0/s1. The van der Waals surface area contributed by atoms with Crippen molar-refractivity contribution in [2.75, 3.05) is 13.2 Å². The predicted molar refractivity (Wildman–Crippen MR) is 312 cm³/mol. The van der Waals surface area contributed by atoms with Crippen LogP contribution in [0.25, 0.3) is 0 Å². The highest BCUT2D eigenvalue weighted by Gasteiger charge is 2.86. The van der Waals surface area contributed by atoms with Gasteiger partial charge in [0.1, 0.15) is 91.6 Å². The number of aliphatic hydroxyl groups is 13. The second-order valence-electron chi connectivity index (χ2n) is 30.0. The second kappa shape index (κ2) is 25.7. The monoisotopic (exact) mass is 1320 g/mol. The molecule has 4 unspecified atom stereocenters. The molecule has 0 amide bonds. The number of hydrogen-bond acceptors (Lipinski definition) is 27. The summed E-state index contributed by atoms with van der Waals surface area (Å²) in [5, 5.41) is 158. The number of rotatable bonds is 15. The fraction of sp³-hybridized carbons (Fsp3) is 0.891. The van der Waals surface area contributed by atoms with Gasteiger partial charge < -0.3 is 124 Å². The molecule has 5 saturated carbocycles. The third kappa shape index (κ3) is 11.0. The maximum atomic E-state index is 14.0. The first-order valence-electron chi connectivity index (χ1n) is 32.5. The molecule has 14 N–H and O–H groups in total. The topological polar surface area (TPSA) is 436 Å². The number of ether oxygens (including phenoxy) is 11. The van der Waals surface area contributed by atoms with Gasteiger partial charge in [0.05, 0.1) is 42.5 Å². The summed E-state index contributed by atoms with van der Waals surface area (Å²) in [6.45, 7) is 20.7. The van der Waals surface area contributed by atoms with Crippen LogP contribution in [0.15, 0.2) is 23.3 Å². The summed E-state index contributed by atoms with van der Waals surface area (Å²) in [5.41, 5.74) is -5.77. The van der Waals surface area contributed by atoms with E-state index in [0.717, 1.165) is 0 Å². The van der Waals surface area contributed by atoms with Crippen LogP contribution in [0.3, 0.4) is 0 Å². The van der Waals surface area contributed by atoms with Gasteiger partial charge in [-0.25, -0.2) is 14.4 Å². The molecule has 0 aromatic carbocycles. The highest BCUT2D eigenvalue weighted by molar-refractivity contribution is 5.89. The molecular formula is C64H100O28. The molecule has 10 aliphatic rings. The van der Waals surface area contributed by atoms with Crippen molar-refractivity contribution in [3.8, 4) is 0 Å². The molecule has 2 bridgehead atoms. The first-order valence-corrected chi connectivity index (χ1v) is 32.5. The Balaban J connectivity index is 0.976. The zero-order valence-corrected chi connectivity index (χ0v) is 54.4. The van der Waals surface area contributed by atoms with Crippen LogP contribution in [0.4, 0.5) is 0 Å². The van der Waals surface area contributed by atoms with Crippen molar-refractivity contribution in [2.24, 2.45) is 50.2 Å². The lowest BCUT2D eigenvalue weighted by atomic mass is 9.30. The Morgan fingerprint density at radius 2 is 1.05 bits per heavy atom. The molecule has 5 aliphatic heterocycles. The van der Waals surface area contributed by atoms with Crippen LogP contribution in [0.2, 0.25) is 0 Å². The smallest absolute Gasteiger partial charge is 0.335 e. The van der Waals surface area contributed by atoms with Crippen LogP contribution in [-0.4, -0.2) is 262 Å². The van der Waals surface area contributed by atoms with Crippen LogP contribution >= 0.6 is 0 Å². The molecule has 0 aromatic heterocycles. The maximum Gasteiger partial charge on any atom is 0.335 e. The zero-order chi connectivity index (χ0) is 67.8. The van der Waals surface area contributed by atoms with E-state index >= 15 is 0 Å². The maximum absolute atomic E-state index is 14.0. The third-order valence-corrected chi connectivity index (χ3v) is 24.7. The Hall–Kier alpha value is -2.99. The number of hydrogen-bond donors (Lipinski definition) is 14. The van der Waals surface area contributed by atoms with Crippen molar-refractivity contribution in [1.82, 2.24) is 0 Å². The number of allylic oxidation sites excluding steroid dienone is 2. The van der Waals surface area contributed by atoms with Crippen LogP contribution in [-0.2, 0) is 66.5 Å². The van der Waals surface area contributed by atoms with Crippen molar-refractivity contribution < 1.29 is 138 Å². The molecule has 33 atom stereocenters. The summed E-state index contributed by atoms with van der Waals surface area (Å²) in [6, 6.07) is 0. The SMILES string of the molecule is C/C=C(\C)C(=O)O[C@H]1[C@H](OC(=O)/C(C)=C/C)[C@]23C(O)O[C@@]4(CCC5[C@@]6(C)CC[C@H](O[C@@H]7O[C@H](C(=O)O)[C@@H](O)[C@H](O[C@@H]8O[C@H](CO)[C@H](O)[C@H](O)[C@H]8O[C@@H]8O[C@@H](C)[C@H](O)[C@@H](O)[C@H]8O)[C@H]7O[C@@H]7O[C@H](CO)[C@H](O)[C@H](O)[C@H]7O)C(C)(C)C6CC[C@@]5(C)[C@]4(C)C[C@H]2O)C3CC1(C)C. The minimum Gasteiger partial charge on any atom is -0.479 e. The van der Waals surface area contributed by atoms with Gasteiger partial charge in [-0.05, 0) is 114 Å². The van der Waals surface area contributed by atoms with Gasteiger partial charge in [0, 0.05) is 27.9 Å². The predicted octanol–water partition coefficient (Wildman–Crippen LogP) is -0.937. The average molecular weight is 1320 g/mol. The van der Waals surface area contributed by atoms with Crippen molar-refractivity contribution in [3.05, 3.63) is 23.3 Å². The van der Waals surface area contributed by atoms with Crippen LogP contribution in [0.5, 0.6) is 0 Å². The molecule has 0 radical (unpaired) electrons. The molecule has 1 spiro atoms. The number of aliphatic carboxylic acids is 1. The number of carboxylic acid groups (broad SMARTS) is 1. The molecule has 5 saturated heterocycles. The summed E-state index contributed by atoms with van der Waals surface area (Å²) >= 11 is 0. The zero-order valence-electron chi connectivity index (χ0n) is 54.4. The van der Waals surface area contributed by atoms with Gasteiger partial charge in [-0.3, -0.25) is 0 Å². The normalized spacial score (nSPS) is 52.4. The molecule has 524 valence electrons. The second-order valence-corrected chi connectivity index (χ2v) is 30.0. The number of fused-ring (bicyclic) bond motifs is 4. The molecular weight excluding hydrogens is 1220 g/mol. The van der Waals surface area contributed by atoms with Crippen LogP contribution in [0, 0.1) is 50.2 Å². The third-order valence-electron chi connectivity index (χ3n) is 24.7. The van der Waals surface area contributed by atoms with E-state index in [1.165, 1.54) is 6.92 Å². The van der Waals surface area contributed by atoms with Crippen molar-refractivity contribution >= 4 is 17.9 Å². The largest absolute Gasteiger partial charge is 0.479 e. The van der Waals surface area contributed by atoms with Gasteiger partial charge >= 0.3 is 17.9 Å². The summed E-state index contributed by atoms with van der Waals surface area (Å²) in [5.74, 6) is -3.89. The highest BCUT2D eigenvalue weighted by atomic mass is 16.8. The lowest BCUT2D eigenvalue weighted by molar-refractivity contribution is -0.406. The van der Waals surface area contributed by atoms with Gasteiger partial charge in [-0.1, -0.05) is 60.6 Å². The Kier molecular flexibility index (Phi) is 20.1. The summed E-state index contributed by atoms with van der Waals surface area (Å²) < 4.78 is 69.2. The van der Waals surface area contributed by atoms with Crippen molar-refractivity contribution in [3.63, 3.8) is 0 Å². The van der Waals surface area contributed by atoms with Crippen molar-refractivity contribution in [2.45, 2.75) is 294 Å². The van der Waals surface area contributed by atoms with E-state index in [0.29, 0.717) is 44.1 Å². The number of carbonyl (C=O) groups is 3. The molecule has 5 aliphatic carbocycles. The minimum absolute atomic E-state index is 0.0674. The van der Waals surface area contributed by atoms with E-state index in [-0.39, 0.29) is 30.3 Å². The molecule has 10 rings (SSSR count). The van der Waals surface area contributed by atoms with E-state index in [2.05, 4.69) is 20.8 Å². The first-order chi connectivity index (χ1) is 42.9. The summed E-state index contributed by atoms with van der Waals surface area (Å²) in [4.78, 5) is 41.0. The molecule has 0 aromatic rings. The molecule has 10 fully saturated rings. The van der Waals surface area contributed by atoms with E-state index in [1.807, 2.05) is 27.7 Å². The summed E-state index contributed by atoms with van der Waals surface area (Å²) in [6.07, 6.45) is -37.9. The van der Waals surface area contributed by atoms with Crippen LogP contribution < -0.4 is 0 Å². The molecule has 28 heteroatoms. The fourth-order valence-corrected chi connectivity index (χ4v) is 19.2. The van der Waals surface area contributed by atoms with E-state index in [4.69, 9.17) is 52.1 Å². The molecule has 28 nitrogen and oxygen atoms in total. The van der Waals surface area contributed by atoms with Gasteiger partial charge in [0.2, 0.25) is 0 Å². The van der Waals surface area contributed by atoms with Gasteiger partial charge in [0.25, 0.3) is 0 Å². The van der Waals surface area contributed by atoms with Crippen molar-refractivity contribution in [1.29, 1.82) is 0 Å². The lowest BCUT2D eigenvalue weighted by Crippen LogP contribution is -2.77. The number of carbonyl (C=O) groups excluding carboxylic acids is 2. The Morgan fingerprint density at radius 3 is 1.64 bits per heavy atom. The van der Waals surface area contributed by atoms with Crippen LogP contribution in [0.1, 0.15) is 134 Å². The van der Waals surface area contributed by atoms with Gasteiger partial charge in [-0.15, -0.1) is 0 Å². The average Bonchev–Trinajstić information content (AvgIpc) is 1.37. The van der Waals surface area contributed by atoms with E-state index in [9.17, 15) is 85.9 Å². The minimum atomic E-state index is -2.30. The van der Waals surface area contributed by atoms with Gasteiger partial charge in [-0.2, -0.15) is 0 Å². The number of esters is 2. The summed E-state index contributed by atoms with van der Waals surface area (Å²) in [7, 11) is 0. The number of carboxylic acids is 1. The van der Waals surface area contributed by atoms with Gasteiger partial charge in [0.15, 0.2) is 43.7 Å². The lowest BCUT2D eigenvalue weighted by Gasteiger charge is -2.75. The highest BCUT2D eigenvalue weighted by Crippen LogP contribution is 2.82.